The minimum atomic E-state index is 0.717. The Bertz CT molecular complexity index is 254. The van der Waals surface area contributed by atoms with Crippen molar-refractivity contribution in [3.8, 4) is 0 Å². The summed E-state index contributed by atoms with van der Waals surface area (Å²) in [5.41, 5.74) is 0. The quantitative estimate of drug-likeness (QED) is 0.835. The second kappa shape index (κ2) is 7.64. The molecule has 0 spiro atoms. The number of hydrogen-bond donors (Lipinski definition) is 1. The molecule has 0 amide bonds. The van der Waals surface area contributed by atoms with Gasteiger partial charge in [0.15, 0.2) is 0 Å². The van der Waals surface area contributed by atoms with Crippen LogP contribution in [0.15, 0.2) is 0 Å². The topological polar surface area (TPSA) is 15.3 Å². The van der Waals surface area contributed by atoms with Gasteiger partial charge in [-0.3, -0.25) is 4.90 Å². The third kappa shape index (κ3) is 4.19. The van der Waals surface area contributed by atoms with E-state index in [0.717, 1.165) is 23.9 Å². The summed E-state index contributed by atoms with van der Waals surface area (Å²) in [6.07, 6.45) is 9.87. The fourth-order valence-corrected chi connectivity index (χ4v) is 3.94. The zero-order chi connectivity index (χ0) is 13.7. The predicted molar refractivity (Wildman–Crippen MR) is 83.5 cm³/mol. The van der Waals surface area contributed by atoms with Gasteiger partial charge in [0.2, 0.25) is 0 Å². The van der Waals surface area contributed by atoms with Gasteiger partial charge in [-0.1, -0.05) is 46.5 Å². The van der Waals surface area contributed by atoms with E-state index in [1.807, 2.05) is 0 Å². The normalized spacial score (nSPS) is 35.8. The highest BCUT2D eigenvalue weighted by Gasteiger charge is 2.29. The Morgan fingerprint density at radius 3 is 2.79 bits per heavy atom. The van der Waals surface area contributed by atoms with Crippen LogP contribution >= 0.6 is 0 Å². The minimum absolute atomic E-state index is 0.717. The van der Waals surface area contributed by atoms with Gasteiger partial charge >= 0.3 is 0 Å². The fraction of sp³-hybridized carbons (Fsp3) is 1.00. The van der Waals surface area contributed by atoms with Crippen LogP contribution in [-0.4, -0.2) is 36.6 Å². The maximum Gasteiger partial charge on any atom is 0.0220 e. The molecule has 1 heterocycles. The van der Waals surface area contributed by atoms with E-state index in [-0.39, 0.29) is 0 Å². The van der Waals surface area contributed by atoms with Crippen LogP contribution in [0.25, 0.3) is 0 Å². The van der Waals surface area contributed by atoms with E-state index >= 15 is 0 Å². The summed E-state index contributed by atoms with van der Waals surface area (Å²) in [6, 6.07) is 1.60. The molecular weight excluding hydrogens is 232 g/mol. The Morgan fingerprint density at radius 1 is 1.21 bits per heavy atom. The van der Waals surface area contributed by atoms with Crippen molar-refractivity contribution in [1.82, 2.24) is 10.2 Å². The largest absolute Gasteiger partial charge is 0.312 e. The van der Waals surface area contributed by atoms with Gasteiger partial charge in [-0.25, -0.2) is 0 Å². The third-order valence-corrected chi connectivity index (χ3v) is 5.64. The Kier molecular flexibility index (Phi) is 6.15. The molecule has 1 saturated carbocycles. The lowest BCUT2D eigenvalue weighted by Crippen LogP contribution is -2.46. The first-order valence-electron chi connectivity index (χ1n) is 8.72. The molecule has 0 aromatic carbocycles. The second-order valence-electron chi connectivity index (χ2n) is 6.89. The van der Waals surface area contributed by atoms with Crippen molar-refractivity contribution < 1.29 is 0 Å². The molecule has 19 heavy (non-hydrogen) atoms. The molecule has 1 N–H and O–H groups in total. The van der Waals surface area contributed by atoms with Crippen molar-refractivity contribution >= 4 is 0 Å². The van der Waals surface area contributed by atoms with Gasteiger partial charge < -0.3 is 5.32 Å². The summed E-state index contributed by atoms with van der Waals surface area (Å²) in [7, 11) is 0. The average molecular weight is 266 g/mol. The van der Waals surface area contributed by atoms with Gasteiger partial charge in [0, 0.05) is 18.6 Å². The molecule has 0 aromatic rings. The summed E-state index contributed by atoms with van der Waals surface area (Å²) in [5, 5.41) is 3.78. The molecule has 112 valence electrons. The van der Waals surface area contributed by atoms with Crippen LogP contribution in [0.1, 0.15) is 65.7 Å². The highest BCUT2D eigenvalue weighted by atomic mass is 15.2. The van der Waals surface area contributed by atoms with Crippen molar-refractivity contribution in [3.63, 3.8) is 0 Å². The molecule has 2 aliphatic rings. The highest BCUT2D eigenvalue weighted by Crippen LogP contribution is 2.30. The van der Waals surface area contributed by atoms with E-state index < -0.39 is 0 Å². The van der Waals surface area contributed by atoms with Crippen molar-refractivity contribution in [2.24, 2.45) is 11.8 Å². The van der Waals surface area contributed by atoms with Gasteiger partial charge in [0.25, 0.3) is 0 Å². The number of nitrogens with zero attached hydrogens (tertiary/aromatic N) is 1. The Labute approximate surface area is 120 Å². The van der Waals surface area contributed by atoms with Gasteiger partial charge in [-0.2, -0.15) is 0 Å². The molecule has 0 bridgehead atoms. The molecule has 1 saturated heterocycles. The number of nitrogens with one attached hydrogen (secondary N) is 1. The van der Waals surface area contributed by atoms with Crippen LogP contribution in [0.5, 0.6) is 0 Å². The van der Waals surface area contributed by atoms with Crippen LogP contribution in [0.2, 0.25) is 0 Å². The van der Waals surface area contributed by atoms with E-state index in [9.17, 15) is 0 Å². The first-order chi connectivity index (χ1) is 9.24. The van der Waals surface area contributed by atoms with E-state index in [1.54, 1.807) is 0 Å². The van der Waals surface area contributed by atoms with E-state index in [4.69, 9.17) is 0 Å². The minimum Gasteiger partial charge on any atom is -0.312 e. The Balaban J connectivity index is 1.93. The lowest BCUT2D eigenvalue weighted by molar-refractivity contribution is 0.118. The third-order valence-electron chi connectivity index (χ3n) is 5.64. The van der Waals surface area contributed by atoms with Crippen molar-refractivity contribution in [2.75, 3.05) is 19.6 Å². The van der Waals surface area contributed by atoms with Crippen molar-refractivity contribution in [2.45, 2.75) is 77.8 Å². The average Bonchev–Trinajstić information content (AvgIpc) is 2.72. The summed E-state index contributed by atoms with van der Waals surface area (Å²) in [5.74, 6) is 1.81. The summed E-state index contributed by atoms with van der Waals surface area (Å²) >= 11 is 0. The monoisotopic (exact) mass is 266 g/mol. The molecule has 4 atom stereocenters. The van der Waals surface area contributed by atoms with Crippen LogP contribution in [0, 0.1) is 11.8 Å². The van der Waals surface area contributed by atoms with E-state index in [1.165, 1.54) is 64.6 Å². The van der Waals surface area contributed by atoms with Crippen LogP contribution < -0.4 is 5.32 Å². The van der Waals surface area contributed by atoms with Crippen molar-refractivity contribution in [3.05, 3.63) is 0 Å². The molecular formula is C17H34N2. The van der Waals surface area contributed by atoms with E-state index in [2.05, 4.69) is 31.0 Å². The molecule has 0 aromatic heterocycles. The molecule has 1 aliphatic heterocycles. The van der Waals surface area contributed by atoms with Gasteiger partial charge in [-0.05, 0) is 44.2 Å². The molecule has 2 heteroatoms. The molecule has 0 radical (unpaired) electrons. The zero-order valence-electron chi connectivity index (χ0n) is 13.3. The van der Waals surface area contributed by atoms with Gasteiger partial charge in [0.05, 0.1) is 0 Å². The lowest BCUT2D eigenvalue weighted by Gasteiger charge is -2.38. The predicted octanol–water partition coefficient (Wildman–Crippen LogP) is 3.67. The van der Waals surface area contributed by atoms with Crippen molar-refractivity contribution in [1.29, 1.82) is 0 Å². The summed E-state index contributed by atoms with van der Waals surface area (Å²) < 4.78 is 0. The summed E-state index contributed by atoms with van der Waals surface area (Å²) in [6.45, 7) is 10.9. The van der Waals surface area contributed by atoms with Crippen LogP contribution in [0.3, 0.4) is 0 Å². The molecule has 2 rings (SSSR count). The second-order valence-corrected chi connectivity index (χ2v) is 6.89. The Hall–Kier alpha value is -0.0800. The highest BCUT2D eigenvalue weighted by molar-refractivity contribution is 4.86. The number of rotatable bonds is 4. The smallest absolute Gasteiger partial charge is 0.0220 e. The molecule has 4 unspecified atom stereocenters. The van der Waals surface area contributed by atoms with Crippen LogP contribution in [0.4, 0.5) is 0 Å². The maximum atomic E-state index is 3.78. The maximum absolute atomic E-state index is 3.78. The Morgan fingerprint density at radius 2 is 2.05 bits per heavy atom. The van der Waals surface area contributed by atoms with Gasteiger partial charge in [-0.15, -0.1) is 0 Å². The molecule has 1 aliphatic carbocycles. The first-order valence-corrected chi connectivity index (χ1v) is 8.72. The summed E-state index contributed by atoms with van der Waals surface area (Å²) in [4.78, 5) is 2.83. The molecule has 2 nitrogen and oxygen atoms in total. The van der Waals surface area contributed by atoms with Crippen LogP contribution in [-0.2, 0) is 0 Å². The van der Waals surface area contributed by atoms with Gasteiger partial charge in [0.1, 0.15) is 0 Å². The number of hydrogen-bond acceptors (Lipinski definition) is 2. The fourth-order valence-electron chi connectivity index (χ4n) is 3.94. The van der Waals surface area contributed by atoms with E-state index in [0.29, 0.717) is 0 Å². The standard InChI is InChI=1S/C17H34N2/c1-4-14(3)17-13-19(11-7-10-18-17)16-9-6-8-15(5-2)12-16/h14-18H,4-13H2,1-3H3. The lowest BCUT2D eigenvalue weighted by atomic mass is 9.83. The molecule has 2 fully saturated rings. The first kappa shape index (κ1) is 15.3. The SMILES string of the molecule is CCC1CCCC(N2CCCNC(C(C)CC)C2)C1. The zero-order valence-corrected chi connectivity index (χ0v) is 13.3.